The molecule has 4 heteroatoms. The molecule has 0 saturated carbocycles. The van der Waals surface area contributed by atoms with Crippen molar-refractivity contribution < 1.29 is 51.0 Å². The molecule has 2 aromatic rings. The number of benzene rings is 2. The minimum atomic E-state index is 0. The monoisotopic (exact) mass is 570 g/mol. The summed E-state index contributed by atoms with van der Waals surface area (Å²) in [4.78, 5) is 0. The van der Waals surface area contributed by atoms with Gasteiger partial charge in [-0.25, -0.2) is 11.1 Å². The Bertz CT molecular complexity index is 863. The Balaban J connectivity index is 0.000000492. The summed E-state index contributed by atoms with van der Waals surface area (Å²) in [5.41, 5.74) is 7.84. The van der Waals surface area contributed by atoms with Gasteiger partial charge >= 0.3 is 26.2 Å². The van der Waals surface area contributed by atoms with E-state index < -0.39 is 0 Å². The third kappa shape index (κ3) is 10.1. The van der Waals surface area contributed by atoms with Crippen molar-refractivity contribution >= 4 is 20.7 Å². The summed E-state index contributed by atoms with van der Waals surface area (Å²) >= 11 is 0. The number of hydrogen-bond donors (Lipinski definition) is 0. The van der Waals surface area contributed by atoms with Gasteiger partial charge in [-0.2, -0.15) is 23.3 Å². The van der Waals surface area contributed by atoms with E-state index in [1.54, 1.807) is 18.5 Å². The van der Waals surface area contributed by atoms with E-state index in [2.05, 4.69) is 101 Å². The molecule has 0 amide bonds. The molecule has 0 aromatic heterocycles. The van der Waals surface area contributed by atoms with Crippen LogP contribution in [0.4, 0.5) is 0 Å². The van der Waals surface area contributed by atoms with Crippen LogP contribution >= 0.6 is 0 Å². The van der Waals surface area contributed by atoms with E-state index in [4.69, 9.17) is 0 Å². The van der Waals surface area contributed by atoms with E-state index in [0.717, 1.165) is 0 Å². The summed E-state index contributed by atoms with van der Waals surface area (Å²) in [6.45, 7) is 8.59. The van der Waals surface area contributed by atoms with Gasteiger partial charge in [-0.05, 0) is 0 Å². The van der Waals surface area contributed by atoms with E-state index in [9.17, 15) is 0 Å². The van der Waals surface area contributed by atoms with Crippen LogP contribution in [0.25, 0.3) is 11.1 Å². The largest absolute Gasteiger partial charge is 4.00 e. The molecule has 1 saturated heterocycles. The Hall–Kier alpha value is -0.920. The zero-order chi connectivity index (χ0) is 21.3. The maximum absolute atomic E-state index is 3.39. The molecular formula is C29H34Cl2SiZr. The van der Waals surface area contributed by atoms with E-state index in [0.29, 0.717) is 21.4 Å². The molecule has 0 radical (unpaired) electrons. The third-order valence-corrected chi connectivity index (χ3v) is 7.70. The summed E-state index contributed by atoms with van der Waals surface area (Å²) in [7, 11) is 0.605. The van der Waals surface area contributed by atoms with Gasteiger partial charge in [-0.3, -0.25) is 12.2 Å². The molecule has 3 aliphatic rings. The van der Waals surface area contributed by atoms with Crippen LogP contribution < -0.4 is 24.8 Å². The van der Waals surface area contributed by atoms with Crippen LogP contribution in [0.2, 0.25) is 12.1 Å². The average Bonchev–Trinajstić information content (AvgIpc) is 3.22. The van der Waals surface area contributed by atoms with Crippen molar-refractivity contribution in [2.45, 2.75) is 46.2 Å². The van der Waals surface area contributed by atoms with Crippen molar-refractivity contribution in [3.8, 4) is 0 Å². The molecule has 0 nitrogen and oxygen atoms in total. The summed E-state index contributed by atoms with van der Waals surface area (Å²) in [6.07, 6.45) is 12.9. The van der Waals surface area contributed by atoms with E-state index in [1.165, 1.54) is 33.4 Å². The first-order valence-corrected chi connectivity index (χ1v) is 13.3. The van der Waals surface area contributed by atoms with Crippen LogP contribution in [-0.2, 0) is 26.2 Å². The summed E-state index contributed by atoms with van der Waals surface area (Å²) < 4.78 is 0. The minimum Gasteiger partial charge on any atom is -1.00 e. The van der Waals surface area contributed by atoms with Gasteiger partial charge in [0.2, 0.25) is 0 Å². The van der Waals surface area contributed by atoms with Crippen molar-refractivity contribution in [2.75, 3.05) is 0 Å². The Morgan fingerprint density at radius 3 is 1.18 bits per heavy atom. The second-order valence-electron chi connectivity index (χ2n) is 8.42. The van der Waals surface area contributed by atoms with Crippen molar-refractivity contribution in [2.24, 2.45) is 11.8 Å². The summed E-state index contributed by atoms with van der Waals surface area (Å²) in [6, 6.07) is 24.3. The summed E-state index contributed by atoms with van der Waals surface area (Å²) in [5, 5.41) is 0. The fraction of sp³-hybridized carbons (Fsp3) is 0.310. The number of allylic oxidation sites excluding steroid dienone is 8. The molecule has 2 aromatic carbocycles. The van der Waals surface area contributed by atoms with Crippen LogP contribution in [0, 0.1) is 24.0 Å². The minimum absolute atomic E-state index is 0. The van der Waals surface area contributed by atoms with Crippen molar-refractivity contribution in [1.29, 1.82) is 0 Å². The smallest absolute Gasteiger partial charge is 1.00 e. The van der Waals surface area contributed by atoms with Gasteiger partial charge in [-0.1, -0.05) is 119 Å². The van der Waals surface area contributed by atoms with Gasteiger partial charge in [0, 0.05) is 9.52 Å². The SMILES string of the molecule is C1C[SiH2]C1.CC1=[C-]C(C)C=C1c1ccccc1.CC1=[C-]C(C)C=C1c1ccccc1.[Cl-].[Cl-].[Zr+4]. The molecule has 2 atom stereocenters. The average molecular weight is 573 g/mol. The van der Waals surface area contributed by atoms with Gasteiger partial charge in [0.15, 0.2) is 0 Å². The van der Waals surface area contributed by atoms with Crippen LogP contribution in [-0.4, -0.2) is 9.52 Å². The van der Waals surface area contributed by atoms with Crippen LogP contribution in [0.15, 0.2) is 84.0 Å². The van der Waals surface area contributed by atoms with Crippen molar-refractivity contribution in [1.82, 2.24) is 0 Å². The normalized spacial score (nSPS) is 19.6. The molecule has 172 valence electrons. The maximum atomic E-state index is 3.39. The molecule has 1 aliphatic heterocycles. The Morgan fingerprint density at radius 2 is 0.970 bits per heavy atom. The summed E-state index contributed by atoms with van der Waals surface area (Å²) in [5.74, 6) is 0.936. The fourth-order valence-electron chi connectivity index (χ4n) is 3.78. The Labute approximate surface area is 235 Å². The maximum Gasteiger partial charge on any atom is 4.00 e. The van der Waals surface area contributed by atoms with E-state index in [1.807, 2.05) is 12.1 Å². The van der Waals surface area contributed by atoms with Gasteiger partial charge in [0.25, 0.3) is 0 Å². The second-order valence-corrected chi connectivity index (χ2v) is 10.5. The first kappa shape index (κ1) is 32.1. The molecule has 0 N–H and O–H groups in total. The standard InChI is InChI=1S/2C13H13.C3H8Si.2ClH.Zr/c2*1-10-8-11(2)13(9-10)12-6-4-3-5-7-12;1-2-4-3-1;;;/h2*3-7,9-10H,1-2H3;1-4H2;2*1H;/q2*-1;;;;+4/p-2. The molecule has 0 bridgehead atoms. The molecule has 2 aliphatic carbocycles. The third-order valence-electron chi connectivity index (χ3n) is 5.70. The number of halogens is 2. The van der Waals surface area contributed by atoms with Gasteiger partial charge in [-0.15, -0.1) is 11.1 Å². The first-order valence-electron chi connectivity index (χ1n) is 11.3. The van der Waals surface area contributed by atoms with Gasteiger partial charge < -0.3 is 24.8 Å². The van der Waals surface area contributed by atoms with E-state index in [-0.39, 0.29) is 51.0 Å². The Morgan fingerprint density at radius 1 is 0.667 bits per heavy atom. The van der Waals surface area contributed by atoms with Crippen LogP contribution in [0.1, 0.15) is 45.2 Å². The predicted octanol–water partition coefficient (Wildman–Crippen LogP) is 1.34. The first-order chi connectivity index (χ1) is 14.5. The van der Waals surface area contributed by atoms with Gasteiger partial charge in [0.1, 0.15) is 0 Å². The van der Waals surface area contributed by atoms with Crippen LogP contribution in [0.5, 0.6) is 0 Å². The molecular weight excluding hydrogens is 539 g/mol. The predicted molar refractivity (Wildman–Crippen MR) is 135 cm³/mol. The zero-order valence-corrected chi connectivity index (χ0v) is 25.6. The topological polar surface area (TPSA) is 0 Å². The zero-order valence-electron chi connectivity index (χ0n) is 20.2. The Kier molecular flexibility index (Phi) is 16.2. The molecule has 1 fully saturated rings. The molecule has 0 spiro atoms. The van der Waals surface area contributed by atoms with Gasteiger partial charge in [0.05, 0.1) is 0 Å². The van der Waals surface area contributed by atoms with Crippen LogP contribution in [0.3, 0.4) is 0 Å². The number of hydrogen-bond acceptors (Lipinski definition) is 0. The number of rotatable bonds is 2. The van der Waals surface area contributed by atoms with Crippen molar-refractivity contribution in [3.05, 3.63) is 107 Å². The van der Waals surface area contributed by atoms with E-state index >= 15 is 0 Å². The quantitative estimate of drug-likeness (QED) is 0.377. The molecule has 2 unspecified atom stereocenters. The van der Waals surface area contributed by atoms with Crippen molar-refractivity contribution in [3.63, 3.8) is 0 Å². The molecule has 1 heterocycles. The molecule has 5 rings (SSSR count). The molecule has 33 heavy (non-hydrogen) atoms. The second kappa shape index (κ2) is 16.7. The fourth-order valence-corrected chi connectivity index (χ4v) is 4.28.